The predicted octanol–water partition coefficient (Wildman–Crippen LogP) is 5.42. The van der Waals surface area contributed by atoms with Crippen molar-refractivity contribution in [3.63, 3.8) is 0 Å². The molecule has 2 aromatic carbocycles. The third-order valence-electron chi connectivity index (χ3n) is 4.52. The Morgan fingerprint density at radius 3 is 2.54 bits per heavy atom. The van der Waals surface area contributed by atoms with E-state index in [4.69, 9.17) is 5.73 Å². The van der Waals surface area contributed by atoms with Crippen LogP contribution in [0.2, 0.25) is 0 Å². The molecule has 1 unspecified atom stereocenters. The summed E-state index contributed by atoms with van der Waals surface area (Å²) >= 11 is 0.704. The molecule has 4 aromatic rings. The molecule has 0 bridgehead atoms. The molecule has 0 aliphatic rings. The lowest BCUT2D eigenvalue weighted by Crippen LogP contribution is -2.20. The van der Waals surface area contributed by atoms with Crippen LogP contribution >= 0.6 is 11.3 Å². The number of nitrogens with two attached hydrogens (primary N) is 1. The summed E-state index contributed by atoms with van der Waals surface area (Å²) in [5.41, 5.74) is 10.9. The van der Waals surface area contributed by atoms with E-state index in [2.05, 4.69) is 15.3 Å². The van der Waals surface area contributed by atoms with E-state index in [1.165, 1.54) is 11.4 Å². The summed E-state index contributed by atoms with van der Waals surface area (Å²) in [4.78, 5) is 6.67. The largest absolute Gasteiger partial charge is 0.425 e. The average Bonchev–Trinajstić information content (AvgIpc) is 3.35. The van der Waals surface area contributed by atoms with E-state index >= 15 is 0 Å². The van der Waals surface area contributed by atoms with E-state index in [-0.39, 0.29) is 6.04 Å². The van der Waals surface area contributed by atoms with Crippen LogP contribution in [0.4, 0.5) is 18.9 Å². The number of aromatic nitrogens is 2. The highest BCUT2D eigenvalue weighted by molar-refractivity contribution is 7.10. The summed E-state index contributed by atoms with van der Waals surface area (Å²) in [6.45, 7) is 0.372. The monoisotopic (exact) mass is 402 g/mol. The van der Waals surface area contributed by atoms with Gasteiger partial charge in [0.15, 0.2) is 0 Å². The molecule has 2 heterocycles. The van der Waals surface area contributed by atoms with Gasteiger partial charge < -0.3 is 16.0 Å². The zero-order valence-electron chi connectivity index (χ0n) is 14.6. The highest BCUT2D eigenvalue weighted by Gasteiger charge is 2.32. The van der Waals surface area contributed by atoms with Crippen LogP contribution in [0.15, 0.2) is 60.2 Å². The lowest BCUT2D eigenvalue weighted by Gasteiger charge is -2.19. The molecule has 4 N–H and O–H groups in total. The molecule has 0 radical (unpaired) electrons. The first-order valence-corrected chi connectivity index (χ1v) is 9.48. The second-order valence-corrected chi connectivity index (χ2v) is 7.30. The van der Waals surface area contributed by atoms with Crippen LogP contribution in [-0.4, -0.2) is 16.5 Å². The lowest BCUT2D eigenvalue weighted by molar-refractivity contribution is -0.134. The summed E-state index contributed by atoms with van der Waals surface area (Å²) in [5, 5.41) is 4.91. The van der Waals surface area contributed by atoms with Crippen molar-refractivity contribution < 1.29 is 13.2 Å². The minimum atomic E-state index is -4.31. The Bertz CT molecular complexity index is 1080. The highest BCUT2D eigenvalue weighted by atomic mass is 32.1. The Morgan fingerprint density at radius 1 is 1.07 bits per heavy atom. The number of rotatable bonds is 5. The maximum Gasteiger partial charge on any atom is 0.425 e. The normalized spacial score (nSPS) is 13.0. The van der Waals surface area contributed by atoms with Gasteiger partial charge in [0.05, 0.1) is 23.4 Å². The smallest absolute Gasteiger partial charge is 0.377 e. The van der Waals surface area contributed by atoms with Gasteiger partial charge in [-0.2, -0.15) is 13.2 Å². The van der Waals surface area contributed by atoms with Crippen molar-refractivity contribution in [1.82, 2.24) is 9.97 Å². The SMILES string of the molecule is NCC(Nc1ccc2nc[nH]c2c1)c1ccc(-c2csc(C(F)(F)F)c2)cc1. The quantitative estimate of drug-likeness (QED) is 0.417. The van der Waals surface area contributed by atoms with Gasteiger partial charge in [-0.05, 0) is 46.3 Å². The van der Waals surface area contributed by atoms with Crippen molar-refractivity contribution in [2.75, 3.05) is 11.9 Å². The van der Waals surface area contributed by atoms with Crippen molar-refractivity contribution >= 4 is 28.1 Å². The third-order valence-corrected chi connectivity index (χ3v) is 5.50. The molecule has 0 amide bonds. The molecule has 0 aliphatic heterocycles. The first kappa shape index (κ1) is 18.5. The van der Waals surface area contributed by atoms with E-state index < -0.39 is 11.1 Å². The fourth-order valence-electron chi connectivity index (χ4n) is 3.05. The Balaban J connectivity index is 1.53. The van der Waals surface area contributed by atoms with Gasteiger partial charge in [0.1, 0.15) is 4.88 Å². The number of nitrogens with one attached hydrogen (secondary N) is 2. The van der Waals surface area contributed by atoms with Gasteiger partial charge in [-0.15, -0.1) is 11.3 Å². The second-order valence-electron chi connectivity index (χ2n) is 6.39. The van der Waals surface area contributed by atoms with E-state index in [9.17, 15) is 13.2 Å². The molecule has 8 heteroatoms. The van der Waals surface area contributed by atoms with E-state index in [0.717, 1.165) is 27.8 Å². The molecular weight excluding hydrogens is 385 g/mol. The molecule has 2 aromatic heterocycles. The summed E-state index contributed by atoms with van der Waals surface area (Å²) in [5.74, 6) is 0. The molecule has 4 nitrogen and oxygen atoms in total. The van der Waals surface area contributed by atoms with Gasteiger partial charge in [-0.3, -0.25) is 0 Å². The maximum atomic E-state index is 12.8. The van der Waals surface area contributed by atoms with E-state index in [1.807, 2.05) is 42.5 Å². The predicted molar refractivity (Wildman–Crippen MR) is 106 cm³/mol. The number of nitrogens with zero attached hydrogens (tertiary/aromatic N) is 1. The highest BCUT2D eigenvalue weighted by Crippen LogP contribution is 2.37. The molecule has 0 fully saturated rings. The number of aromatic amines is 1. The molecule has 4 rings (SSSR count). The Hall–Kier alpha value is -2.84. The number of imidazole rings is 1. The second kappa shape index (κ2) is 7.29. The molecule has 0 spiro atoms. The molecule has 144 valence electrons. The van der Waals surface area contributed by atoms with Gasteiger partial charge >= 0.3 is 6.18 Å². The minimum Gasteiger partial charge on any atom is -0.377 e. The van der Waals surface area contributed by atoms with Gasteiger partial charge in [0.2, 0.25) is 0 Å². The van der Waals surface area contributed by atoms with Gasteiger partial charge in [-0.25, -0.2) is 4.98 Å². The van der Waals surface area contributed by atoms with Crippen molar-refractivity contribution in [3.05, 3.63) is 70.7 Å². The fraction of sp³-hybridized carbons (Fsp3) is 0.150. The average molecular weight is 402 g/mol. The number of alkyl halides is 3. The Labute approximate surface area is 163 Å². The molecule has 0 saturated carbocycles. The number of halogens is 3. The Morgan fingerprint density at radius 2 is 1.86 bits per heavy atom. The van der Waals surface area contributed by atoms with Crippen LogP contribution in [-0.2, 0) is 6.18 Å². The number of H-pyrrole nitrogens is 1. The topological polar surface area (TPSA) is 66.7 Å². The van der Waals surface area contributed by atoms with Crippen molar-refractivity contribution in [2.24, 2.45) is 5.73 Å². The standard InChI is InChI=1S/C20H17F3N4S/c21-20(22,23)19-7-14(10-28-19)12-1-3-13(4-2-12)18(9-24)27-15-5-6-16-17(8-15)26-11-25-16/h1-8,10-11,18,27H,9,24H2,(H,25,26). The van der Waals surface area contributed by atoms with Gasteiger partial charge in [0, 0.05) is 12.2 Å². The molecule has 1 atom stereocenters. The first-order valence-electron chi connectivity index (χ1n) is 8.60. The fourth-order valence-corrected chi connectivity index (χ4v) is 3.84. The maximum absolute atomic E-state index is 12.8. The number of benzene rings is 2. The van der Waals surface area contributed by atoms with Crippen molar-refractivity contribution in [1.29, 1.82) is 0 Å². The van der Waals surface area contributed by atoms with Gasteiger partial charge in [0.25, 0.3) is 0 Å². The Kier molecular flexibility index (Phi) is 4.82. The molecular formula is C20H17F3N4S. The number of fused-ring (bicyclic) bond motifs is 1. The van der Waals surface area contributed by atoms with Crippen LogP contribution in [0.5, 0.6) is 0 Å². The number of hydrogen-bond donors (Lipinski definition) is 3. The van der Waals surface area contributed by atoms with Crippen LogP contribution in [0.1, 0.15) is 16.5 Å². The molecule has 0 saturated heterocycles. The number of thiophene rings is 1. The zero-order chi connectivity index (χ0) is 19.7. The van der Waals surface area contributed by atoms with Gasteiger partial charge in [-0.1, -0.05) is 24.3 Å². The summed E-state index contributed by atoms with van der Waals surface area (Å²) in [6, 6.07) is 14.3. The summed E-state index contributed by atoms with van der Waals surface area (Å²) in [7, 11) is 0. The number of hydrogen-bond acceptors (Lipinski definition) is 4. The van der Waals surface area contributed by atoms with Crippen molar-refractivity contribution in [3.8, 4) is 11.1 Å². The summed E-state index contributed by atoms with van der Waals surface area (Å²) in [6.07, 6.45) is -2.67. The number of anilines is 1. The molecule has 0 aliphatic carbocycles. The van der Waals surface area contributed by atoms with Crippen LogP contribution in [0.3, 0.4) is 0 Å². The molecule has 28 heavy (non-hydrogen) atoms. The third kappa shape index (κ3) is 3.74. The van der Waals surface area contributed by atoms with E-state index in [1.54, 1.807) is 6.33 Å². The van der Waals surface area contributed by atoms with Crippen LogP contribution in [0.25, 0.3) is 22.2 Å². The zero-order valence-corrected chi connectivity index (χ0v) is 15.4. The van der Waals surface area contributed by atoms with E-state index in [0.29, 0.717) is 23.4 Å². The minimum absolute atomic E-state index is 0.123. The van der Waals surface area contributed by atoms with Crippen molar-refractivity contribution in [2.45, 2.75) is 12.2 Å². The van der Waals surface area contributed by atoms with Crippen LogP contribution < -0.4 is 11.1 Å². The first-order chi connectivity index (χ1) is 13.4. The van der Waals surface area contributed by atoms with Crippen LogP contribution in [0, 0.1) is 0 Å². The lowest BCUT2D eigenvalue weighted by atomic mass is 10.0. The summed E-state index contributed by atoms with van der Waals surface area (Å²) < 4.78 is 38.4.